The molecule has 0 radical (unpaired) electrons. The van der Waals surface area contributed by atoms with E-state index in [0.29, 0.717) is 36.4 Å². The molecule has 0 saturated heterocycles. The first-order chi connectivity index (χ1) is 15.5. The Bertz CT molecular complexity index is 1140. The second-order valence-electron chi connectivity index (χ2n) is 7.93. The number of imide groups is 1. The number of nitrogens with zero attached hydrogens (tertiary/aromatic N) is 2. The lowest BCUT2D eigenvalue weighted by Gasteiger charge is -2.22. The molecule has 1 N–H and O–H groups in total. The number of rotatable bonds is 8. The first-order valence-corrected chi connectivity index (χ1v) is 10.9. The van der Waals surface area contributed by atoms with Gasteiger partial charge < -0.3 is 14.6 Å². The van der Waals surface area contributed by atoms with Crippen LogP contribution in [0.4, 0.5) is 0 Å². The van der Waals surface area contributed by atoms with Crippen LogP contribution in [0.15, 0.2) is 48.7 Å². The highest BCUT2D eigenvalue weighted by Crippen LogP contribution is 2.30. The summed E-state index contributed by atoms with van der Waals surface area (Å²) in [5, 5.41) is 0.946. The molecule has 0 aliphatic carbocycles. The minimum atomic E-state index is -0.310. The van der Waals surface area contributed by atoms with Crippen LogP contribution in [0.3, 0.4) is 0 Å². The molecule has 1 aromatic heterocycles. The van der Waals surface area contributed by atoms with Gasteiger partial charge in [0.25, 0.3) is 17.7 Å². The van der Waals surface area contributed by atoms with Crippen LogP contribution < -0.4 is 4.74 Å². The van der Waals surface area contributed by atoms with Crippen LogP contribution in [-0.2, 0) is 11.2 Å². The van der Waals surface area contributed by atoms with Crippen molar-refractivity contribution in [2.75, 3.05) is 19.7 Å². The predicted molar refractivity (Wildman–Crippen MR) is 122 cm³/mol. The largest absolute Gasteiger partial charge is 0.482 e. The van der Waals surface area contributed by atoms with Crippen LogP contribution in [0.2, 0.25) is 0 Å². The van der Waals surface area contributed by atoms with E-state index in [9.17, 15) is 14.4 Å². The summed E-state index contributed by atoms with van der Waals surface area (Å²) in [6.07, 6.45) is 2.38. The molecule has 166 valence electrons. The van der Waals surface area contributed by atoms with Crippen LogP contribution in [0, 0.1) is 0 Å². The summed E-state index contributed by atoms with van der Waals surface area (Å²) >= 11 is 0. The Hall–Kier alpha value is -3.61. The van der Waals surface area contributed by atoms with Gasteiger partial charge in [0.15, 0.2) is 6.61 Å². The van der Waals surface area contributed by atoms with Crippen LogP contribution in [0.5, 0.6) is 5.75 Å². The van der Waals surface area contributed by atoms with E-state index in [4.69, 9.17) is 4.74 Å². The molecule has 2 aromatic carbocycles. The van der Waals surface area contributed by atoms with E-state index in [0.717, 1.165) is 16.5 Å². The third-order valence-corrected chi connectivity index (χ3v) is 6.01. The van der Waals surface area contributed by atoms with Crippen molar-refractivity contribution in [2.24, 2.45) is 0 Å². The Morgan fingerprint density at radius 1 is 1.03 bits per heavy atom. The number of fused-ring (bicyclic) bond motifs is 2. The molecule has 0 saturated carbocycles. The highest BCUT2D eigenvalue weighted by atomic mass is 16.5. The third-order valence-electron chi connectivity index (χ3n) is 6.01. The normalized spacial score (nSPS) is 14.0. The fraction of sp³-hybridized carbons (Fsp3) is 0.320. The molecular formula is C25H27N3O4. The zero-order valence-electron chi connectivity index (χ0n) is 18.6. The Morgan fingerprint density at radius 3 is 2.31 bits per heavy atom. The lowest BCUT2D eigenvalue weighted by molar-refractivity contribution is -0.132. The van der Waals surface area contributed by atoms with Crippen molar-refractivity contribution in [3.8, 4) is 5.75 Å². The smallest absolute Gasteiger partial charge is 0.261 e. The molecule has 3 amide bonds. The predicted octanol–water partition coefficient (Wildman–Crippen LogP) is 3.64. The molecule has 7 heteroatoms. The van der Waals surface area contributed by atoms with E-state index in [2.05, 4.69) is 4.98 Å². The maximum atomic E-state index is 12.8. The number of nitrogens with one attached hydrogen (secondary N) is 1. The number of hydrogen-bond donors (Lipinski definition) is 1. The molecule has 1 aliphatic heterocycles. The van der Waals surface area contributed by atoms with Crippen LogP contribution in [-0.4, -0.2) is 58.2 Å². The minimum absolute atomic E-state index is 0.0272. The van der Waals surface area contributed by atoms with Gasteiger partial charge in [0.1, 0.15) is 5.75 Å². The molecule has 0 bridgehead atoms. The zero-order valence-corrected chi connectivity index (χ0v) is 18.6. The molecule has 4 rings (SSSR count). The van der Waals surface area contributed by atoms with E-state index >= 15 is 0 Å². The summed E-state index contributed by atoms with van der Waals surface area (Å²) in [5.41, 5.74) is 2.68. The quantitative estimate of drug-likeness (QED) is 0.550. The first kappa shape index (κ1) is 21.6. The lowest BCUT2D eigenvalue weighted by atomic mass is 10.0. The summed E-state index contributed by atoms with van der Waals surface area (Å²) in [6.45, 7) is 7.02. The molecule has 2 heterocycles. The molecule has 1 aliphatic rings. The second-order valence-corrected chi connectivity index (χ2v) is 7.93. The van der Waals surface area contributed by atoms with Gasteiger partial charge in [-0.15, -0.1) is 0 Å². The average molecular weight is 434 g/mol. The van der Waals surface area contributed by atoms with E-state index in [1.165, 1.54) is 4.90 Å². The molecule has 1 atom stereocenters. The van der Waals surface area contributed by atoms with Crippen molar-refractivity contribution in [1.29, 1.82) is 0 Å². The summed E-state index contributed by atoms with van der Waals surface area (Å²) < 4.78 is 5.82. The Labute approximate surface area is 187 Å². The van der Waals surface area contributed by atoms with E-state index < -0.39 is 0 Å². The summed E-state index contributed by atoms with van der Waals surface area (Å²) in [6, 6.07) is 12.3. The number of aromatic amines is 1. The third kappa shape index (κ3) is 3.75. The van der Waals surface area contributed by atoms with Gasteiger partial charge >= 0.3 is 0 Å². The molecule has 32 heavy (non-hydrogen) atoms. The fourth-order valence-electron chi connectivity index (χ4n) is 4.30. The minimum Gasteiger partial charge on any atom is -0.482 e. The van der Waals surface area contributed by atoms with Crippen molar-refractivity contribution in [1.82, 2.24) is 14.8 Å². The van der Waals surface area contributed by atoms with Gasteiger partial charge in [-0.25, -0.2) is 0 Å². The number of hydrogen-bond acceptors (Lipinski definition) is 4. The molecule has 7 nitrogen and oxygen atoms in total. The molecule has 3 aromatic rings. The highest BCUT2D eigenvalue weighted by molar-refractivity contribution is 6.21. The van der Waals surface area contributed by atoms with Crippen molar-refractivity contribution in [3.05, 3.63) is 65.4 Å². The van der Waals surface area contributed by atoms with Gasteiger partial charge in [0.2, 0.25) is 0 Å². The molecular weight excluding hydrogens is 406 g/mol. The Balaban J connectivity index is 1.52. The molecule has 0 spiro atoms. The number of H-pyrrole nitrogens is 1. The van der Waals surface area contributed by atoms with Gasteiger partial charge in [-0.3, -0.25) is 19.3 Å². The number of likely N-dealkylation sites (N-methyl/N-ethyl adjacent to an activating group) is 1. The van der Waals surface area contributed by atoms with Crippen LogP contribution in [0.25, 0.3) is 10.9 Å². The van der Waals surface area contributed by atoms with E-state index in [1.54, 1.807) is 29.2 Å². The molecule has 0 fully saturated rings. The topological polar surface area (TPSA) is 82.7 Å². The highest BCUT2D eigenvalue weighted by Gasteiger charge is 2.38. The second kappa shape index (κ2) is 8.86. The molecule has 0 unspecified atom stereocenters. The number of aromatic nitrogens is 1. The number of carbonyl (C=O) groups is 3. The van der Waals surface area contributed by atoms with Gasteiger partial charge in [0, 0.05) is 30.7 Å². The maximum Gasteiger partial charge on any atom is 0.261 e. The number of para-hydroxylation sites is 1. The van der Waals surface area contributed by atoms with Crippen LogP contribution in [0.1, 0.15) is 47.1 Å². The van der Waals surface area contributed by atoms with Crippen LogP contribution >= 0.6 is 0 Å². The van der Waals surface area contributed by atoms with Crippen molar-refractivity contribution in [2.45, 2.75) is 33.2 Å². The summed E-state index contributed by atoms with van der Waals surface area (Å²) in [4.78, 5) is 44.2. The van der Waals surface area contributed by atoms with Crippen molar-refractivity contribution in [3.63, 3.8) is 0 Å². The number of carbonyl (C=O) groups excluding carboxylic acids is 3. The van der Waals surface area contributed by atoms with Gasteiger partial charge in [-0.1, -0.05) is 24.3 Å². The fourth-order valence-corrected chi connectivity index (χ4v) is 4.30. The average Bonchev–Trinajstić information content (AvgIpc) is 3.32. The monoisotopic (exact) mass is 433 g/mol. The van der Waals surface area contributed by atoms with Crippen molar-refractivity contribution >= 4 is 28.6 Å². The van der Waals surface area contributed by atoms with Gasteiger partial charge in [-0.05, 0) is 51.0 Å². The lowest BCUT2D eigenvalue weighted by Crippen LogP contribution is -2.39. The SMILES string of the molecule is CCN(CC)C(=O)COc1cccc2c(C[C@@H](C)N3C(=O)c4ccccc4C3=O)c[nH]c12. The first-order valence-electron chi connectivity index (χ1n) is 10.9. The number of benzene rings is 2. The Kier molecular flexibility index (Phi) is 5.99. The number of ether oxygens (including phenoxy) is 1. The Morgan fingerprint density at radius 2 is 1.69 bits per heavy atom. The number of amides is 3. The summed E-state index contributed by atoms with van der Waals surface area (Å²) in [7, 11) is 0. The van der Waals surface area contributed by atoms with Gasteiger partial charge in [0.05, 0.1) is 16.6 Å². The maximum absolute atomic E-state index is 12.8. The summed E-state index contributed by atoms with van der Waals surface area (Å²) in [5.74, 6) is 0.0365. The zero-order chi connectivity index (χ0) is 22.8. The van der Waals surface area contributed by atoms with Gasteiger partial charge in [-0.2, -0.15) is 0 Å². The standard InChI is InChI=1S/C25H27N3O4/c1-4-27(5-2)22(29)15-32-21-12-8-11-18-17(14-26-23(18)21)13-16(3)28-24(30)19-9-6-7-10-20(19)25(28)31/h6-12,14,16,26H,4-5,13,15H2,1-3H3/t16-/m1/s1. The van der Waals surface area contributed by atoms with E-state index in [1.807, 2.05) is 45.2 Å². The van der Waals surface area contributed by atoms with E-state index in [-0.39, 0.29) is 30.4 Å². The van der Waals surface area contributed by atoms with Crippen molar-refractivity contribution < 1.29 is 19.1 Å².